The van der Waals surface area contributed by atoms with E-state index >= 15 is 0 Å². The molecule has 0 aliphatic carbocycles. The molecule has 4 aromatic rings. The van der Waals surface area contributed by atoms with Crippen molar-refractivity contribution in [2.24, 2.45) is 0 Å². The lowest BCUT2D eigenvalue weighted by Gasteiger charge is -2.10. The zero-order chi connectivity index (χ0) is 19.7. The van der Waals surface area contributed by atoms with Gasteiger partial charge in [0.25, 0.3) is 5.91 Å². The van der Waals surface area contributed by atoms with Crippen LogP contribution in [0.3, 0.4) is 0 Å². The van der Waals surface area contributed by atoms with Crippen LogP contribution >= 0.6 is 27.3 Å². The molecule has 0 bridgehead atoms. The van der Waals surface area contributed by atoms with Gasteiger partial charge in [0, 0.05) is 28.2 Å². The Kier molecular flexibility index (Phi) is 5.15. The molecule has 140 valence electrons. The molecule has 2 heterocycles. The van der Waals surface area contributed by atoms with Crippen molar-refractivity contribution in [3.8, 4) is 16.9 Å². The second-order valence-corrected chi connectivity index (χ2v) is 8.78. The van der Waals surface area contributed by atoms with Crippen molar-refractivity contribution in [3.05, 3.63) is 87.5 Å². The topological polar surface area (TPSA) is 46.9 Å². The SMILES string of the molecule is Cc1ccc(C)n1-c1ccc(C(=O)Nc2nc(-c3ccccc3)c(Br)s2)cc1. The molecule has 0 unspecified atom stereocenters. The van der Waals surface area contributed by atoms with E-state index in [4.69, 9.17) is 0 Å². The normalized spacial score (nSPS) is 10.8. The highest BCUT2D eigenvalue weighted by Crippen LogP contribution is 2.35. The van der Waals surface area contributed by atoms with Gasteiger partial charge in [0.15, 0.2) is 5.13 Å². The number of hydrogen-bond donors (Lipinski definition) is 1. The molecular formula is C22H18BrN3OS. The van der Waals surface area contributed by atoms with Crippen LogP contribution in [-0.2, 0) is 0 Å². The molecular weight excluding hydrogens is 434 g/mol. The number of aromatic nitrogens is 2. The van der Waals surface area contributed by atoms with Gasteiger partial charge >= 0.3 is 0 Å². The molecule has 2 aromatic carbocycles. The van der Waals surface area contributed by atoms with Crippen molar-refractivity contribution in [1.82, 2.24) is 9.55 Å². The number of nitrogens with zero attached hydrogens (tertiary/aromatic N) is 2. The maximum atomic E-state index is 12.6. The van der Waals surface area contributed by atoms with Gasteiger partial charge in [-0.3, -0.25) is 10.1 Å². The van der Waals surface area contributed by atoms with Crippen molar-refractivity contribution in [2.75, 3.05) is 5.32 Å². The molecule has 1 N–H and O–H groups in total. The predicted molar refractivity (Wildman–Crippen MR) is 118 cm³/mol. The highest BCUT2D eigenvalue weighted by atomic mass is 79.9. The van der Waals surface area contributed by atoms with Crippen LogP contribution in [0.2, 0.25) is 0 Å². The minimum Gasteiger partial charge on any atom is -0.319 e. The van der Waals surface area contributed by atoms with E-state index in [2.05, 4.69) is 56.8 Å². The van der Waals surface area contributed by atoms with Gasteiger partial charge in [-0.2, -0.15) is 0 Å². The van der Waals surface area contributed by atoms with E-state index in [1.807, 2.05) is 54.6 Å². The van der Waals surface area contributed by atoms with Crippen molar-refractivity contribution in [2.45, 2.75) is 13.8 Å². The summed E-state index contributed by atoms with van der Waals surface area (Å²) in [6.07, 6.45) is 0. The molecule has 4 nitrogen and oxygen atoms in total. The van der Waals surface area contributed by atoms with Gasteiger partial charge in [0.1, 0.15) is 0 Å². The monoisotopic (exact) mass is 451 g/mol. The Morgan fingerprint density at radius 2 is 1.61 bits per heavy atom. The summed E-state index contributed by atoms with van der Waals surface area (Å²) in [6, 6.07) is 21.7. The summed E-state index contributed by atoms with van der Waals surface area (Å²) in [4.78, 5) is 17.2. The Balaban J connectivity index is 1.53. The number of nitrogens with one attached hydrogen (secondary N) is 1. The maximum absolute atomic E-state index is 12.6. The van der Waals surface area contributed by atoms with Crippen molar-refractivity contribution >= 4 is 38.3 Å². The highest BCUT2D eigenvalue weighted by molar-refractivity contribution is 9.11. The summed E-state index contributed by atoms with van der Waals surface area (Å²) in [5.74, 6) is -0.173. The third kappa shape index (κ3) is 3.66. The largest absolute Gasteiger partial charge is 0.319 e. The van der Waals surface area contributed by atoms with E-state index in [9.17, 15) is 4.79 Å². The van der Waals surface area contributed by atoms with Crippen LogP contribution in [0.5, 0.6) is 0 Å². The van der Waals surface area contributed by atoms with Gasteiger partial charge in [-0.1, -0.05) is 41.7 Å². The number of halogens is 1. The van der Waals surface area contributed by atoms with E-state index in [0.717, 1.165) is 32.1 Å². The first-order valence-corrected chi connectivity index (χ1v) is 10.4. The molecule has 0 aliphatic rings. The van der Waals surface area contributed by atoms with E-state index in [1.54, 1.807) is 0 Å². The Bertz CT molecular complexity index is 1110. The summed E-state index contributed by atoms with van der Waals surface area (Å²) in [7, 11) is 0. The summed E-state index contributed by atoms with van der Waals surface area (Å²) in [5, 5.41) is 3.46. The van der Waals surface area contributed by atoms with Gasteiger partial charge in [0.05, 0.1) is 9.48 Å². The number of rotatable bonds is 4. The minimum atomic E-state index is -0.173. The van der Waals surface area contributed by atoms with Crippen LogP contribution in [0.1, 0.15) is 21.7 Å². The summed E-state index contributed by atoms with van der Waals surface area (Å²) in [5.41, 5.74) is 5.80. The number of thiazole rings is 1. The second-order valence-electron chi connectivity index (χ2n) is 6.46. The molecule has 0 spiro atoms. The number of aryl methyl sites for hydroxylation is 2. The number of benzene rings is 2. The fourth-order valence-corrected chi connectivity index (χ4v) is 4.62. The lowest BCUT2D eigenvalue weighted by atomic mass is 10.2. The van der Waals surface area contributed by atoms with Crippen LogP contribution in [0, 0.1) is 13.8 Å². The number of anilines is 1. The molecule has 0 saturated heterocycles. The standard InChI is InChI=1S/C22H18BrN3OS/c1-14-8-9-15(2)26(14)18-12-10-17(11-13-18)21(27)25-22-24-19(20(23)28-22)16-6-4-3-5-7-16/h3-13H,1-2H3,(H,24,25,27). The average molecular weight is 452 g/mol. The molecule has 0 fully saturated rings. The van der Waals surface area contributed by atoms with Crippen LogP contribution in [0.25, 0.3) is 16.9 Å². The van der Waals surface area contributed by atoms with E-state index in [0.29, 0.717) is 10.7 Å². The fraction of sp³-hybridized carbons (Fsp3) is 0.0909. The zero-order valence-electron chi connectivity index (χ0n) is 15.4. The van der Waals surface area contributed by atoms with Gasteiger partial charge in [-0.05, 0) is 66.2 Å². The Labute approximate surface area is 176 Å². The van der Waals surface area contributed by atoms with Crippen molar-refractivity contribution in [3.63, 3.8) is 0 Å². The Hall–Kier alpha value is -2.70. The smallest absolute Gasteiger partial charge is 0.257 e. The van der Waals surface area contributed by atoms with Gasteiger partial charge in [-0.15, -0.1) is 0 Å². The third-order valence-electron chi connectivity index (χ3n) is 4.51. The van der Waals surface area contributed by atoms with Crippen molar-refractivity contribution < 1.29 is 4.79 Å². The van der Waals surface area contributed by atoms with E-state index in [1.165, 1.54) is 11.3 Å². The summed E-state index contributed by atoms with van der Waals surface area (Å²) >= 11 is 4.95. The maximum Gasteiger partial charge on any atom is 0.257 e. The van der Waals surface area contributed by atoms with Crippen LogP contribution in [-0.4, -0.2) is 15.5 Å². The first-order chi connectivity index (χ1) is 13.5. The lowest BCUT2D eigenvalue weighted by Crippen LogP contribution is -2.11. The van der Waals surface area contributed by atoms with Gasteiger partial charge in [-0.25, -0.2) is 4.98 Å². The minimum absolute atomic E-state index is 0.173. The molecule has 0 atom stereocenters. The predicted octanol–water partition coefficient (Wildman–Crippen LogP) is 6.23. The van der Waals surface area contributed by atoms with Gasteiger partial charge < -0.3 is 4.57 Å². The molecule has 1 amide bonds. The van der Waals surface area contributed by atoms with Gasteiger partial charge in [0.2, 0.25) is 0 Å². The second kappa shape index (κ2) is 7.73. The van der Waals surface area contributed by atoms with E-state index in [-0.39, 0.29) is 5.91 Å². The molecule has 0 saturated carbocycles. The van der Waals surface area contributed by atoms with Crippen LogP contribution in [0.15, 0.2) is 70.5 Å². The Morgan fingerprint density at radius 3 is 2.25 bits per heavy atom. The van der Waals surface area contributed by atoms with Crippen LogP contribution in [0.4, 0.5) is 5.13 Å². The number of amides is 1. The number of carbonyl (C=O) groups is 1. The quantitative estimate of drug-likeness (QED) is 0.399. The molecule has 0 aliphatic heterocycles. The fourth-order valence-electron chi connectivity index (χ4n) is 3.14. The molecule has 28 heavy (non-hydrogen) atoms. The molecule has 0 radical (unpaired) electrons. The summed E-state index contributed by atoms with van der Waals surface area (Å²) < 4.78 is 3.05. The molecule has 4 rings (SSSR count). The molecule has 6 heteroatoms. The first kappa shape index (κ1) is 18.7. The Morgan fingerprint density at radius 1 is 0.964 bits per heavy atom. The third-order valence-corrected chi connectivity index (χ3v) is 6.13. The average Bonchev–Trinajstić information content (AvgIpc) is 3.24. The number of hydrogen-bond acceptors (Lipinski definition) is 3. The molecule has 2 aromatic heterocycles. The number of carbonyl (C=O) groups excluding carboxylic acids is 1. The first-order valence-electron chi connectivity index (χ1n) is 8.81. The lowest BCUT2D eigenvalue weighted by molar-refractivity contribution is 0.102. The van der Waals surface area contributed by atoms with Crippen LogP contribution < -0.4 is 5.32 Å². The highest BCUT2D eigenvalue weighted by Gasteiger charge is 2.14. The zero-order valence-corrected chi connectivity index (χ0v) is 17.8. The van der Waals surface area contributed by atoms with Crippen molar-refractivity contribution in [1.29, 1.82) is 0 Å². The summed E-state index contributed by atoms with van der Waals surface area (Å²) in [6.45, 7) is 4.14. The van der Waals surface area contributed by atoms with E-state index < -0.39 is 0 Å².